The first-order valence-electron chi connectivity index (χ1n) is 11.8. The lowest BCUT2D eigenvalue weighted by Crippen LogP contribution is -2.03. The number of hydrogen-bond acceptors (Lipinski definition) is 6. The highest BCUT2D eigenvalue weighted by molar-refractivity contribution is 6.01. The van der Waals surface area contributed by atoms with E-state index >= 15 is 0 Å². The second-order valence-electron chi connectivity index (χ2n) is 8.94. The number of aromatic nitrogens is 7. The van der Waals surface area contributed by atoms with E-state index in [2.05, 4.69) is 35.7 Å². The van der Waals surface area contributed by atoms with Crippen LogP contribution in [0, 0.1) is 0 Å². The van der Waals surface area contributed by atoms with E-state index in [-0.39, 0.29) is 5.78 Å². The molecule has 7 rings (SSSR count). The van der Waals surface area contributed by atoms with Gasteiger partial charge in [0.25, 0.3) is 0 Å². The van der Waals surface area contributed by atoms with Crippen LogP contribution in [0.5, 0.6) is 0 Å². The average molecular weight is 485 g/mol. The van der Waals surface area contributed by atoms with Gasteiger partial charge in [-0.05, 0) is 54.1 Å². The van der Waals surface area contributed by atoms with Crippen molar-refractivity contribution >= 4 is 50.0 Å². The molecular formula is C28H20N8O. The molecule has 178 valence electrons. The molecule has 0 bridgehead atoms. The highest BCUT2D eigenvalue weighted by Gasteiger charge is 2.13. The number of H-pyrrole nitrogens is 3. The third-order valence-electron chi connectivity index (χ3n) is 6.42. The van der Waals surface area contributed by atoms with E-state index in [4.69, 9.17) is 4.98 Å². The number of carbonyl (C=O) groups excluding carboxylic acids is 1. The topological polar surface area (TPSA) is 128 Å². The molecule has 0 saturated carbocycles. The summed E-state index contributed by atoms with van der Waals surface area (Å²) in [6, 6.07) is 21.5. The Bertz CT molecular complexity index is 1930. The molecular weight excluding hydrogens is 464 g/mol. The summed E-state index contributed by atoms with van der Waals surface area (Å²) in [5.41, 5.74) is 6.08. The molecule has 0 atom stereocenters. The third-order valence-corrected chi connectivity index (χ3v) is 6.42. The van der Waals surface area contributed by atoms with E-state index in [9.17, 15) is 4.79 Å². The van der Waals surface area contributed by atoms with Crippen LogP contribution in [0.4, 0.5) is 11.5 Å². The van der Waals surface area contributed by atoms with E-state index in [1.165, 1.54) is 0 Å². The summed E-state index contributed by atoms with van der Waals surface area (Å²) in [7, 11) is 0. The molecule has 4 N–H and O–H groups in total. The second-order valence-corrected chi connectivity index (χ2v) is 8.94. The van der Waals surface area contributed by atoms with Crippen molar-refractivity contribution in [2.75, 3.05) is 5.32 Å². The largest absolute Gasteiger partial charge is 0.352 e. The Balaban J connectivity index is 1.13. The molecule has 0 aliphatic rings. The Morgan fingerprint density at radius 2 is 1.59 bits per heavy atom. The Labute approximate surface area is 210 Å². The summed E-state index contributed by atoms with van der Waals surface area (Å²) in [6.07, 6.45) is 5.58. The standard InChI is InChI=1S/C28H20N8O/c37-26(10-16-1-5-22-19(9-16)14-30-35-22)25-12-17-2-3-18(13-24(17)33-25)28-29-8-7-27(34-28)32-21-4-6-23-20(11-21)15-31-36-23/h1-9,11-15,33H,10H2,(H,30,35)(H,31,36)(H,29,32,34). The fraction of sp³-hybridized carbons (Fsp3) is 0.0357. The van der Waals surface area contributed by atoms with Crippen LogP contribution in [0.15, 0.2) is 85.3 Å². The number of aromatic amines is 3. The minimum atomic E-state index is 0.0256. The van der Waals surface area contributed by atoms with Crippen molar-refractivity contribution < 1.29 is 4.79 Å². The van der Waals surface area contributed by atoms with E-state index in [1.807, 2.05) is 66.7 Å². The maximum Gasteiger partial charge on any atom is 0.183 e. The van der Waals surface area contributed by atoms with Gasteiger partial charge in [-0.15, -0.1) is 0 Å². The van der Waals surface area contributed by atoms with Gasteiger partial charge in [0.2, 0.25) is 0 Å². The minimum Gasteiger partial charge on any atom is -0.352 e. The van der Waals surface area contributed by atoms with Gasteiger partial charge >= 0.3 is 0 Å². The zero-order valence-corrected chi connectivity index (χ0v) is 19.5. The van der Waals surface area contributed by atoms with Crippen molar-refractivity contribution in [2.24, 2.45) is 0 Å². The average Bonchev–Trinajstić information content (AvgIpc) is 3.67. The van der Waals surface area contributed by atoms with Gasteiger partial charge in [0.15, 0.2) is 11.6 Å². The summed E-state index contributed by atoms with van der Waals surface area (Å²) in [6.45, 7) is 0. The minimum absolute atomic E-state index is 0.0256. The number of carbonyl (C=O) groups is 1. The lowest BCUT2D eigenvalue weighted by Gasteiger charge is -2.07. The number of Topliss-reactive ketones (excluding diaryl/α,β-unsaturated/α-hetero) is 1. The van der Waals surface area contributed by atoms with Gasteiger partial charge in [0, 0.05) is 45.5 Å². The Morgan fingerprint density at radius 1 is 0.784 bits per heavy atom. The zero-order valence-electron chi connectivity index (χ0n) is 19.5. The molecule has 4 aromatic heterocycles. The predicted octanol–water partition coefficient (Wildman–Crippen LogP) is 5.55. The zero-order chi connectivity index (χ0) is 24.8. The Kier molecular flexibility index (Phi) is 4.78. The molecule has 0 radical (unpaired) electrons. The molecule has 4 heterocycles. The number of hydrogen-bond donors (Lipinski definition) is 4. The summed E-state index contributed by atoms with van der Waals surface area (Å²) in [5.74, 6) is 1.30. The first-order chi connectivity index (χ1) is 18.2. The van der Waals surface area contributed by atoms with Crippen LogP contribution in [0.25, 0.3) is 44.1 Å². The molecule has 0 fully saturated rings. The first kappa shape index (κ1) is 21.0. The number of benzene rings is 3. The highest BCUT2D eigenvalue weighted by Crippen LogP contribution is 2.26. The molecule has 0 unspecified atom stereocenters. The van der Waals surface area contributed by atoms with Crippen LogP contribution in [-0.2, 0) is 6.42 Å². The monoisotopic (exact) mass is 484 g/mol. The van der Waals surface area contributed by atoms with Gasteiger partial charge in [-0.1, -0.05) is 18.2 Å². The lowest BCUT2D eigenvalue weighted by atomic mass is 10.1. The van der Waals surface area contributed by atoms with E-state index in [0.717, 1.165) is 49.5 Å². The lowest BCUT2D eigenvalue weighted by molar-refractivity contribution is 0.0989. The molecule has 9 nitrogen and oxygen atoms in total. The normalized spacial score (nSPS) is 11.5. The number of nitrogens with zero attached hydrogens (tertiary/aromatic N) is 4. The van der Waals surface area contributed by atoms with Crippen molar-refractivity contribution in [2.45, 2.75) is 6.42 Å². The van der Waals surface area contributed by atoms with Gasteiger partial charge in [-0.3, -0.25) is 15.0 Å². The molecule has 37 heavy (non-hydrogen) atoms. The number of ketones is 1. The summed E-state index contributed by atoms with van der Waals surface area (Å²) >= 11 is 0. The maximum absolute atomic E-state index is 13.0. The maximum atomic E-state index is 13.0. The Hall–Kier alpha value is -5.31. The summed E-state index contributed by atoms with van der Waals surface area (Å²) < 4.78 is 0. The van der Waals surface area contributed by atoms with Crippen molar-refractivity contribution in [3.05, 3.63) is 96.6 Å². The van der Waals surface area contributed by atoms with Gasteiger partial charge in [0.05, 0.1) is 29.1 Å². The number of fused-ring (bicyclic) bond motifs is 3. The SMILES string of the molecule is O=C(Cc1ccc2[nH]ncc2c1)c1cc2ccc(-c3nccc(Nc4ccc5[nH]ncc5c4)n3)cc2[nH]1. The molecule has 0 saturated heterocycles. The molecule has 0 amide bonds. The second kappa shape index (κ2) is 8.42. The number of nitrogens with one attached hydrogen (secondary N) is 4. The smallest absolute Gasteiger partial charge is 0.183 e. The molecule has 7 aromatic rings. The van der Waals surface area contributed by atoms with E-state index in [0.29, 0.717) is 23.8 Å². The van der Waals surface area contributed by atoms with Crippen LogP contribution in [0.3, 0.4) is 0 Å². The van der Waals surface area contributed by atoms with Crippen LogP contribution in [0.2, 0.25) is 0 Å². The molecule has 0 aliphatic carbocycles. The van der Waals surface area contributed by atoms with Crippen molar-refractivity contribution in [1.29, 1.82) is 0 Å². The fourth-order valence-electron chi connectivity index (χ4n) is 4.53. The van der Waals surface area contributed by atoms with Crippen LogP contribution in [-0.4, -0.2) is 41.1 Å². The quantitative estimate of drug-likeness (QED) is 0.229. The van der Waals surface area contributed by atoms with Gasteiger partial charge in [0.1, 0.15) is 5.82 Å². The first-order valence-corrected chi connectivity index (χ1v) is 11.8. The van der Waals surface area contributed by atoms with E-state index in [1.54, 1.807) is 18.6 Å². The van der Waals surface area contributed by atoms with Crippen LogP contribution in [0.1, 0.15) is 16.1 Å². The van der Waals surface area contributed by atoms with E-state index < -0.39 is 0 Å². The summed E-state index contributed by atoms with van der Waals surface area (Å²) in [4.78, 5) is 25.4. The van der Waals surface area contributed by atoms with Gasteiger partial charge < -0.3 is 10.3 Å². The number of anilines is 2. The number of rotatable bonds is 6. The van der Waals surface area contributed by atoms with Crippen molar-refractivity contribution in [3.63, 3.8) is 0 Å². The van der Waals surface area contributed by atoms with Gasteiger partial charge in [-0.2, -0.15) is 10.2 Å². The van der Waals surface area contributed by atoms with Crippen LogP contribution < -0.4 is 5.32 Å². The van der Waals surface area contributed by atoms with Gasteiger partial charge in [-0.25, -0.2) is 9.97 Å². The molecule has 3 aromatic carbocycles. The fourth-order valence-corrected chi connectivity index (χ4v) is 4.53. The van der Waals surface area contributed by atoms with Crippen molar-refractivity contribution in [3.8, 4) is 11.4 Å². The predicted molar refractivity (Wildman–Crippen MR) is 143 cm³/mol. The third kappa shape index (κ3) is 3.98. The molecule has 0 aliphatic heterocycles. The van der Waals surface area contributed by atoms with Crippen molar-refractivity contribution in [1.82, 2.24) is 35.3 Å². The summed E-state index contributed by atoms with van der Waals surface area (Å²) in [5, 5.41) is 20.3. The van der Waals surface area contributed by atoms with Crippen LogP contribution >= 0.6 is 0 Å². The molecule has 0 spiro atoms. The highest BCUT2D eigenvalue weighted by atomic mass is 16.1. The molecule has 9 heteroatoms. The Morgan fingerprint density at radius 3 is 2.46 bits per heavy atom.